The fourth-order valence-corrected chi connectivity index (χ4v) is 3.59. The first-order chi connectivity index (χ1) is 13.4. The number of benzene rings is 2. The van der Waals surface area contributed by atoms with E-state index in [0.29, 0.717) is 6.42 Å². The van der Waals surface area contributed by atoms with Gasteiger partial charge in [-0.3, -0.25) is 0 Å². The second kappa shape index (κ2) is 8.27. The largest absolute Gasteiger partial charge is 0.360 e. The minimum absolute atomic E-state index is 0.0104. The summed E-state index contributed by atoms with van der Waals surface area (Å²) in [4.78, 5) is 0. The van der Waals surface area contributed by atoms with Crippen molar-refractivity contribution in [3.8, 4) is 6.07 Å². The van der Waals surface area contributed by atoms with Gasteiger partial charge in [-0.2, -0.15) is 5.26 Å². The molecule has 0 N–H and O–H groups in total. The standard InChI is InChI=1S/C25H26N2O/c1-18(23-17-27-28-24(23)25(2,3)4)15-21(19-11-7-5-8-12-19)22(16-26)20-13-9-6-10-14-20/h5-14,17,21-22H,1,15H2,2-4H3. The van der Waals surface area contributed by atoms with Gasteiger partial charge in [0.1, 0.15) is 5.76 Å². The Hall–Kier alpha value is -3.12. The molecule has 28 heavy (non-hydrogen) atoms. The van der Waals surface area contributed by atoms with E-state index >= 15 is 0 Å². The van der Waals surface area contributed by atoms with Gasteiger partial charge in [-0.1, -0.05) is 93.2 Å². The van der Waals surface area contributed by atoms with E-state index in [9.17, 15) is 5.26 Å². The van der Waals surface area contributed by atoms with E-state index in [1.807, 2.05) is 48.5 Å². The van der Waals surface area contributed by atoms with Gasteiger partial charge in [-0.25, -0.2) is 0 Å². The van der Waals surface area contributed by atoms with Crippen LogP contribution in [-0.2, 0) is 5.41 Å². The second-order valence-electron chi connectivity index (χ2n) is 8.16. The zero-order valence-electron chi connectivity index (χ0n) is 16.7. The first-order valence-electron chi connectivity index (χ1n) is 9.54. The fraction of sp³-hybridized carbons (Fsp3) is 0.280. The van der Waals surface area contributed by atoms with E-state index in [4.69, 9.17) is 4.52 Å². The maximum atomic E-state index is 10.0. The zero-order valence-corrected chi connectivity index (χ0v) is 16.7. The van der Waals surface area contributed by atoms with Crippen LogP contribution in [0.25, 0.3) is 5.57 Å². The van der Waals surface area contributed by atoms with E-state index in [2.05, 4.69) is 50.7 Å². The topological polar surface area (TPSA) is 49.8 Å². The molecule has 2 atom stereocenters. The Balaban J connectivity index is 1.98. The normalized spacial score (nSPS) is 13.5. The molecule has 0 spiro atoms. The van der Waals surface area contributed by atoms with Crippen molar-refractivity contribution in [3.05, 3.63) is 95.9 Å². The van der Waals surface area contributed by atoms with Gasteiger partial charge in [0.15, 0.2) is 0 Å². The van der Waals surface area contributed by atoms with Crippen LogP contribution in [0.2, 0.25) is 0 Å². The summed E-state index contributed by atoms with van der Waals surface area (Å²) in [6.07, 6.45) is 2.40. The minimum atomic E-state index is -0.265. The molecule has 0 aliphatic heterocycles. The Kier molecular flexibility index (Phi) is 5.80. The monoisotopic (exact) mass is 370 g/mol. The molecule has 3 aromatic rings. The maximum Gasteiger partial charge on any atom is 0.149 e. The highest BCUT2D eigenvalue weighted by molar-refractivity contribution is 5.66. The van der Waals surface area contributed by atoms with Crippen molar-refractivity contribution >= 4 is 5.57 Å². The molecule has 2 aromatic carbocycles. The lowest BCUT2D eigenvalue weighted by molar-refractivity contribution is 0.328. The average molecular weight is 370 g/mol. The predicted octanol–water partition coefficient (Wildman–Crippen LogP) is 6.47. The molecule has 0 aliphatic carbocycles. The van der Waals surface area contributed by atoms with Crippen LogP contribution in [0.15, 0.2) is 78.0 Å². The lowest BCUT2D eigenvalue weighted by Crippen LogP contribution is -2.14. The number of hydrogen-bond acceptors (Lipinski definition) is 3. The van der Waals surface area contributed by atoms with Crippen LogP contribution in [0.1, 0.15) is 61.5 Å². The van der Waals surface area contributed by atoms with Crippen LogP contribution in [-0.4, -0.2) is 5.16 Å². The third-order valence-corrected chi connectivity index (χ3v) is 5.03. The summed E-state index contributed by atoms with van der Waals surface area (Å²) >= 11 is 0. The van der Waals surface area contributed by atoms with E-state index < -0.39 is 0 Å². The number of aromatic nitrogens is 1. The molecule has 1 heterocycles. The number of nitriles is 1. The molecule has 3 nitrogen and oxygen atoms in total. The lowest BCUT2D eigenvalue weighted by atomic mass is 9.77. The Morgan fingerprint density at radius 1 is 1.04 bits per heavy atom. The maximum absolute atomic E-state index is 10.0. The quantitative estimate of drug-likeness (QED) is 0.500. The van der Waals surface area contributed by atoms with Crippen molar-refractivity contribution < 1.29 is 4.52 Å². The van der Waals surface area contributed by atoms with E-state index in [1.54, 1.807) is 6.20 Å². The molecule has 1 aromatic heterocycles. The van der Waals surface area contributed by atoms with Gasteiger partial charge in [-0.15, -0.1) is 0 Å². The number of hydrogen-bond donors (Lipinski definition) is 0. The molecule has 0 fully saturated rings. The van der Waals surface area contributed by atoms with Crippen molar-refractivity contribution in [1.82, 2.24) is 5.16 Å². The Morgan fingerprint density at radius 2 is 1.61 bits per heavy atom. The van der Waals surface area contributed by atoms with Crippen molar-refractivity contribution in [2.45, 2.75) is 44.4 Å². The number of allylic oxidation sites excluding steroid dienone is 1. The molecule has 3 rings (SSSR count). The lowest BCUT2D eigenvalue weighted by Gasteiger charge is -2.25. The van der Waals surface area contributed by atoms with Crippen LogP contribution in [0, 0.1) is 11.3 Å². The smallest absolute Gasteiger partial charge is 0.149 e. The Labute approximate surface area is 167 Å². The third kappa shape index (κ3) is 4.23. The van der Waals surface area contributed by atoms with Crippen LogP contribution >= 0.6 is 0 Å². The first kappa shape index (κ1) is 19.6. The van der Waals surface area contributed by atoms with Crippen molar-refractivity contribution in [3.63, 3.8) is 0 Å². The van der Waals surface area contributed by atoms with Gasteiger partial charge < -0.3 is 4.52 Å². The fourth-order valence-electron chi connectivity index (χ4n) is 3.59. The summed E-state index contributed by atoms with van der Waals surface area (Å²) in [5.41, 5.74) is 3.88. The predicted molar refractivity (Wildman–Crippen MR) is 113 cm³/mol. The molecular weight excluding hydrogens is 344 g/mol. The Morgan fingerprint density at radius 3 is 2.14 bits per heavy atom. The molecule has 0 aliphatic rings. The van der Waals surface area contributed by atoms with Crippen LogP contribution < -0.4 is 0 Å². The summed E-state index contributed by atoms with van der Waals surface area (Å²) in [6, 6.07) is 22.7. The second-order valence-corrected chi connectivity index (χ2v) is 8.16. The first-order valence-corrected chi connectivity index (χ1v) is 9.54. The molecule has 0 saturated carbocycles. The van der Waals surface area contributed by atoms with Crippen molar-refractivity contribution in [2.75, 3.05) is 0 Å². The van der Waals surface area contributed by atoms with Gasteiger partial charge in [0, 0.05) is 16.9 Å². The molecule has 0 bridgehead atoms. The van der Waals surface area contributed by atoms with Gasteiger partial charge in [0.2, 0.25) is 0 Å². The average Bonchev–Trinajstić information content (AvgIpc) is 3.20. The summed E-state index contributed by atoms with van der Waals surface area (Å²) in [7, 11) is 0. The summed E-state index contributed by atoms with van der Waals surface area (Å²) in [6.45, 7) is 10.6. The van der Waals surface area contributed by atoms with E-state index in [1.165, 1.54) is 0 Å². The zero-order chi connectivity index (χ0) is 20.1. The van der Waals surface area contributed by atoms with E-state index in [0.717, 1.165) is 28.0 Å². The molecule has 0 radical (unpaired) electrons. The molecule has 2 unspecified atom stereocenters. The van der Waals surface area contributed by atoms with Crippen molar-refractivity contribution in [2.24, 2.45) is 0 Å². The van der Waals surface area contributed by atoms with Gasteiger partial charge >= 0.3 is 0 Å². The van der Waals surface area contributed by atoms with E-state index in [-0.39, 0.29) is 17.3 Å². The summed E-state index contributed by atoms with van der Waals surface area (Å²) < 4.78 is 5.53. The molecule has 142 valence electrons. The number of rotatable bonds is 6. The summed E-state index contributed by atoms with van der Waals surface area (Å²) in [5, 5.41) is 14.0. The number of nitrogens with zero attached hydrogens (tertiary/aromatic N) is 2. The molecule has 0 saturated heterocycles. The van der Waals surface area contributed by atoms with Crippen LogP contribution in [0.3, 0.4) is 0 Å². The SMILES string of the molecule is C=C(CC(c1ccccc1)C(C#N)c1ccccc1)c1cnoc1C(C)(C)C. The molecular formula is C25H26N2O. The highest BCUT2D eigenvalue weighted by Gasteiger charge is 2.29. The van der Waals surface area contributed by atoms with Crippen LogP contribution in [0.5, 0.6) is 0 Å². The highest BCUT2D eigenvalue weighted by atomic mass is 16.5. The minimum Gasteiger partial charge on any atom is -0.360 e. The van der Waals surface area contributed by atoms with Gasteiger partial charge in [0.05, 0.1) is 18.2 Å². The van der Waals surface area contributed by atoms with Crippen molar-refractivity contribution in [1.29, 1.82) is 5.26 Å². The van der Waals surface area contributed by atoms with Crippen LogP contribution in [0.4, 0.5) is 0 Å². The van der Waals surface area contributed by atoms with Gasteiger partial charge in [0.25, 0.3) is 0 Å². The Bertz CT molecular complexity index is 959. The molecule has 0 amide bonds. The third-order valence-electron chi connectivity index (χ3n) is 5.03. The van der Waals surface area contributed by atoms with Gasteiger partial charge in [-0.05, 0) is 23.1 Å². The summed E-state index contributed by atoms with van der Waals surface area (Å²) in [5.74, 6) is 0.555. The highest BCUT2D eigenvalue weighted by Crippen LogP contribution is 2.41. The molecule has 3 heteroatoms.